The zero-order chi connectivity index (χ0) is 9.90. The van der Waals surface area contributed by atoms with Crippen LogP contribution in [0.1, 0.15) is 40.0 Å². The van der Waals surface area contributed by atoms with Crippen molar-refractivity contribution in [3.8, 4) is 0 Å². The first-order valence-corrected chi connectivity index (χ1v) is 5.72. The van der Waals surface area contributed by atoms with Crippen molar-refractivity contribution in [3.63, 3.8) is 0 Å². The maximum absolute atomic E-state index is 6.12. The van der Waals surface area contributed by atoms with Gasteiger partial charge in [-0.2, -0.15) is 0 Å². The summed E-state index contributed by atoms with van der Waals surface area (Å²) in [6.07, 6.45) is 3.73. The molecule has 0 radical (unpaired) electrons. The van der Waals surface area contributed by atoms with Gasteiger partial charge in [0, 0.05) is 18.6 Å². The van der Waals surface area contributed by atoms with E-state index >= 15 is 0 Å². The van der Waals surface area contributed by atoms with Crippen LogP contribution in [0.5, 0.6) is 0 Å². The number of halogens is 1. The predicted molar refractivity (Wildman–Crippen MR) is 57.3 cm³/mol. The Morgan fingerprint density at radius 1 is 1.31 bits per heavy atom. The second-order valence-electron chi connectivity index (χ2n) is 4.70. The summed E-state index contributed by atoms with van der Waals surface area (Å²) >= 11 is 6.12. The maximum atomic E-state index is 6.12. The number of hydrogen-bond acceptors (Lipinski definition) is 1. The molecule has 0 spiro atoms. The molecule has 1 rings (SSSR count). The molecule has 1 unspecified atom stereocenters. The van der Waals surface area contributed by atoms with Crippen LogP contribution in [0.2, 0.25) is 0 Å². The van der Waals surface area contributed by atoms with E-state index in [0.717, 1.165) is 19.6 Å². The molecule has 13 heavy (non-hydrogen) atoms. The first-order valence-electron chi connectivity index (χ1n) is 5.29. The molecule has 0 aromatic rings. The minimum atomic E-state index is 0.315. The van der Waals surface area contributed by atoms with E-state index in [4.69, 9.17) is 16.3 Å². The minimum Gasteiger partial charge on any atom is -0.381 e. The van der Waals surface area contributed by atoms with E-state index < -0.39 is 0 Å². The molecule has 0 aromatic heterocycles. The molecule has 0 aliphatic heterocycles. The first kappa shape index (κ1) is 11.3. The fraction of sp³-hybridized carbons (Fsp3) is 1.00. The van der Waals surface area contributed by atoms with Crippen LogP contribution in [0.3, 0.4) is 0 Å². The molecule has 0 amide bonds. The summed E-state index contributed by atoms with van der Waals surface area (Å²) in [5, 5.41) is 0.315. The molecule has 1 aliphatic rings. The van der Waals surface area contributed by atoms with Crippen LogP contribution in [-0.4, -0.2) is 18.6 Å². The normalized spacial score (nSPS) is 21.9. The summed E-state index contributed by atoms with van der Waals surface area (Å²) in [4.78, 5) is 0. The van der Waals surface area contributed by atoms with Crippen LogP contribution in [0.15, 0.2) is 0 Å². The summed E-state index contributed by atoms with van der Waals surface area (Å²) in [5.41, 5.74) is 0.429. The van der Waals surface area contributed by atoms with E-state index in [2.05, 4.69) is 20.8 Å². The number of alkyl halides is 1. The third-order valence-corrected chi connectivity index (χ3v) is 3.39. The van der Waals surface area contributed by atoms with E-state index in [1.165, 1.54) is 12.8 Å². The lowest BCUT2D eigenvalue weighted by molar-refractivity contribution is 0.0948. The third kappa shape index (κ3) is 3.47. The zero-order valence-electron chi connectivity index (χ0n) is 8.98. The van der Waals surface area contributed by atoms with Crippen LogP contribution in [0.25, 0.3) is 0 Å². The highest BCUT2D eigenvalue weighted by Gasteiger charge is 2.45. The molecule has 0 bridgehead atoms. The van der Waals surface area contributed by atoms with Crippen molar-refractivity contribution in [1.82, 2.24) is 0 Å². The smallest absolute Gasteiger partial charge is 0.0488 e. The van der Waals surface area contributed by atoms with Gasteiger partial charge in [0.25, 0.3) is 0 Å². The van der Waals surface area contributed by atoms with Crippen LogP contribution in [0, 0.1) is 11.3 Å². The molecule has 1 saturated carbocycles. The van der Waals surface area contributed by atoms with Crippen molar-refractivity contribution < 1.29 is 4.74 Å². The van der Waals surface area contributed by atoms with E-state index in [1.807, 2.05) is 0 Å². The highest BCUT2D eigenvalue weighted by Crippen LogP contribution is 2.53. The number of hydrogen-bond donors (Lipinski definition) is 0. The average molecular weight is 205 g/mol. The molecule has 1 nitrogen and oxygen atoms in total. The van der Waals surface area contributed by atoms with Crippen LogP contribution in [0.4, 0.5) is 0 Å². The largest absolute Gasteiger partial charge is 0.381 e. The standard InChI is InChI=1S/C11H21ClO/c1-9(2)8-13-7-6-11(4-5-11)10(3)12/h9-10H,4-8H2,1-3H3. The van der Waals surface area contributed by atoms with Gasteiger partial charge in [-0.15, -0.1) is 11.6 Å². The van der Waals surface area contributed by atoms with E-state index in [-0.39, 0.29) is 0 Å². The van der Waals surface area contributed by atoms with Gasteiger partial charge in [0.2, 0.25) is 0 Å². The van der Waals surface area contributed by atoms with Gasteiger partial charge in [-0.3, -0.25) is 0 Å². The fourth-order valence-electron chi connectivity index (χ4n) is 1.60. The average Bonchev–Trinajstić information content (AvgIpc) is 2.78. The second-order valence-corrected chi connectivity index (χ2v) is 5.35. The molecule has 2 heteroatoms. The molecule has 1 aliphatic carbocycles. The lowest BCUT2D eigenvalue weighted by Gasteiger charge is -2.17. The van der Waals surface area contributed by atoms with Gasteiger partial charge in [0.1, 0.15) is 0 Å². The number of rotatable bonds is 6. The molecule has 78 valence electrons. The maximum Gasteiger partial charge on any atom is 0.0488 e. The Kier molecular flexibility index (Phi) is 4.06. The van der Waals surface area contributed by atoms with Gasteiger partial charge in [0.05, 0.1) is 0 Å². The first-order chi connectivity index (χ1) is 6.07. The Morgan fingerprint density at radius 2 is 1.92 bits per heavy atom. The van der Waals surface area contributed by atoms with E-state index in [0.29, 0.717) is 16.7 Å². The fourth-order valence-corrected chi connectivity index (χ4v) is 1.93. The Bertz CT molecular complexity index is 150. The Morgan fingerprint density at radius 3 is 2.31 bits per heavy atom. The highest BCUT2D eigenvalue weighted by atomic mass is 35.5. The van der Waals surface area contributed by atoms with E-state index in [1.54, 1.807) is 0 Å². The van der Waals surface area contributed by atoms with Crippen molar-refractivity contribution >= 4 is 11.6 Å². The summed E-state index contributed by atoms with van der Waals surface area (Å²) in [6.45, 7) is 8.23. The molecular weight excluding hydrogens is 184 g/mol. The highest BCUT2D eigenvalue weighted by molar-refractivity contribution is 6.21. The van der Waals surface area contributed by atoms with Gasteiger partial charge >= 0.3 is 0 Å². The molecule has 1 atom stereocenters. The van der Waals surface area contributed by atoms with E-state index in [9.17, 15) is 0 Å². The van der Waals surface area contributed by atoms with Gasteiger partial charge in [-0.05, 0) is 37.5 Å². The lowest BCUT2D eigenvalue weighted by Crippen LogP contribution is -2.16. The molecule has 0 aromatic carbocycles. The second kappa shape index (κ2) is 4.65. The van der Waals surface area contributed by atoms with Gasteiger partial charge < -0.3 is 4.74 Å². The molecular formula is C11H21ClO. The van der Waals surface area contributed by atoms with Crippen LogP contribution >= 0.6 is 11.6 Å². The molecule has 1 fully saturated rings. The van der Waals surface area contributed by atoms with Crippen molar-refractivity contribution in [2.45, 2.75) is 45.4 Å². The van der Waals surface area contributed by atoms with Gasteiger partial charge in [0.15, 0.2) is 0 Å². The predicted octanol–water partition coefficient (Wildman–Crippen LogP) is 3.46. The third-order valence-electron chi connectivity index (χ3n) is 2.93. The Balaban J connectivity index is 2.06. The van der Waals surface area contributed by atoms with Crippen molar-refractivity contribution in [2.75, 3.05) is 13.2 Å². The molecule has 0 heterocycles. The van der Waals surface area contributed by atoms with Crippen LogP contribution < -0.4 is 0 Å². The summed E-state index contributed by atoms with van der Waals surface area (Å²) in [7, 11) is 0. The monoisotopic (exact) mass is 204 g/mol. The molecule has 0 saturated heterocycles. The topological polar surface area (TPSA) is 9.23 Å². The summed E-state index contributed by atoms with van der Waals surface area (Å²) < 4.78 is 5.56. The lowest BCUT2D eigenvalue weighted by atomic mass is 9.99. The summed E-state index contributed by atoms with van der Waals surface area (Å²) in [6, 6.07) is 0. The Labute approximate surface area is 86.8 Å². The van der Waals surface area contributed by atoms with Crippen molar-refractivity contribution in [2.24, 2.45) is 11.3 Å². The quantitative estimate of drug-likeness (QED) is 0.476. The molecule has 0 N–H and O–H groups in total. The summed E-state index contributed by atoms with van der Waals surface area (Å²) in [5.74, 6) is 0.642. The number of ether oxygens (including phenoxy) is 1. The minimum absolute atomic E-state index is 0.315. The van der Waals surface area contributed by atoms with Gasteiger partial charge in [-0.25, -0.2) is 0 Å². The van der Waals surface area contributed by atoms with Crippen molar-refractivity contribution in [1.29, 1.82) is 0 Å². The van der Waals surface area contributed by atoms with Gasteiger partial charge in [-0.1, -0.05) is 13.8 Å². The SMILES string of the molecule is CC(C)COCCC1(C(C)Cl)CC1. The van der Waals surface area contributed by atoms with Crippen LogP contribution in [-0.2, 0) is 4.74 Å². The van der Waals surface area contributed by atoms with Crippen molar-refractivity contribution in [3.05, 3.63) is 0 Å². The zero-order valence-corrected chi connectivity index (χ0v) is 9.73. The Hall–Kier alpha value is 0.250.